The molecule has 0 aliphatic carbocycles. The number of amides is 1. The van der Waals surface area contributed by atoms with E-state index in [-0.39, 0.29) is 18.4 Å². The van der Waals surface area contributed by atoms with Crippen LogP contribution in [0.3, 0.4) is 0 Å². The first-order valence-corrected chi connectivity index (χ1v) is 9.12. The molecule has 0 saturated carbocycles. The van der Waals surface area contributed by atoms with Crippen LogP contribution >= 0.6 is 0 Å². The van der Waals surface area contributed by atoms with Crippen molar-refractivity contribution in [3.8, 4) is 17.2 Å². The van der Waals surface area contributed by atoms with E-state index in [4.69, 9.17) is 14.2 Å². The zero-order chi connectivity index (χ0) is 19.8. The summed E-state index contributed by atoms with van der Waals surface area (Å²) in [6.45, 7) is 4.30. The first kappa shape index (κ1) is 20.6. The highest BCUT2D eigenvalue weighted by atomic mass is 16.5. The minimum atomic E-state index is -0.0602. The van der Waals surface area contributed by atoms with Crippen LogP contribution in [0.4, 0.5) is 0 Å². The van der Waals surface area contributed by atoms with Gasteiger partial charge in [0, 0.05) is 5.56 Å². The summed E-state index contributed by atoms with van der Waals surface area (Å²) in [5, 5.41) is 3.16. The molecule has 1 atom stereocenters. The van der Waals surface area contributed by atoms with Gasteiger partial charge in [-0.15, -0.1) is 0 Å². The minimum absolute atomic E-state index is 0.0233. The lowest BCUT2D eigenvalue weighted by atomic mass is 9.96. The lowest BCUT2D eigenvalue weighted by Crippen LogP contribution is -2.30. The smallest absolute Gasteiger partial charge is 0.225 e. The number of carbonyl (C=O) groups is 1. The average molecular weight is 371 g/mol. The Morgan fingerprint density at radius 3 is 2.15 bits per heavy atom. The number of carbonyl (C=O) groups excluding carboxylic acids is 1. The van der Waals surface area contributed by atoms with Crippen LogP contribution in [-0.2, 0) is 11.2 Å². The number of hydrogen-bond acceptors (Lipinski definition) is 4. The highest BCUT2D eigenvalue weighted by molar-refractivity contribution is 5.80. The molecular weight excluding hydrogens is 342 g/mol. The van der Waals surface area contributed by atoms with E-state index in [1.54, 1.807) is 27.4 Å². The summed E-state index contributed by atoms with van der Waals surface area (Å²) in [4.78, 5) is 12.8. The van der Waals surface area contributed by atoms with Gasteiger partial charge in [0.15, 0.2) is 11.5 Å². The van der Waals surface area contributed by atoms with E-state index in [0.717, 1.165) is 17.5 Å². The third-order valence-electron chi connectivity index (χ3n) is 4.38. The van der Waals surface area contributed by atoms with Crippen LogP contribution in [0.25, 0.3) is 0 Å². The van der Waals surface area contributed by atoms with Gasteiger partial charge >= 0.3 is 0 Å². The van der Waals surface area contributed by atoms with Gasteiger partial charge in [0.05, 0.1) is 33.8 Å². The van der Waals surface area contributed by atoms with E-state index in [2.05, 4.69) is 19.2 Å². The molecule has 1 amide bonds. The normalized spacial score (nSPS) is 11.8. The number of methoxy groups -OCH3 is 3. The maximum atomic E-state index is 12.8. The first-order valence-electron chi connectivity index (χ1n) is 9.12. The molecule has 0 saturated heterocycles. The Balaban J connectivity index is 2.20. The van der Waals surface area contributed by atoms with Gasteiger partial charge < -0.3 is 19.5 Å². The zero-order valence-corrected chi connectivity index (χ0v) is 16.7. The van der Waals surface area contributed by atoms with E-state index in [1.807, 2.05) is 36.4 Å². The van der Waals surface area contributed by atoms with E-state index in [0.29, 0.717) is 23.2 Å². The Bertz CT molecular complexity index is 743. The molecule has 1 N–H and O–H groups in total. The summed E-state index contributed by atoms with van der Waals surface area (Å²) in [6.07, 6.45) is 1.07. The van der Waals surface area contributed by atoms with Gasteiger partial charge in [0.2, 0.25) is 11.7 Å². The average Bonchev–Trinajstić information content (AvgIpc) is 2.67. The van der Waals surface area contributed by atoms with Gasteiger partial charge in [0.25, 0.3) is 0 Å². The summed E-state index contributed by atoms with van der Waals surface area (Å²) in [7, 11) is 4.68. The van der Waals surface area contributed by atoms with E-state index in [1.165, 1.54) is 0 Å². The van der Waals surface area contributed by atoms with Crippen LogP contribution in [0.1, 0.15) is 37.4 Å². The molecule has 0 aliphatic rings. The quantitative estimate of drug-likeness (QED) is 0.719. The predicted molar refractivity (Wildman–Crippen MR) is 107 cm³/mol. The van der Waals surface area contributed by atoms with Crippen LogP contribution in [0.5, 0.6) is 17.2 Å². The summed E-state index contributed by atoms with van der Waals surface area (Å²) < 4.78 is 16.2. The molecule has 0 spiro atoms. The summed E-state index contributed by atoms with van der Waals surface area (Å²) in [6, 6.07) is 13.6. The second-order valence-electron chi connectivity index (χ2n) is 6.83. The van der Waals surface area contributed by atoms with Gasteiger partial charge in [0.1, 0.15) is 0 Å². The Morgan fingerprint density at radius 2 is 1.59 bits per heavy atom. The van der Waals surface area contributed by atoms with Crippen molar-refractivity contribution in [2.75, 3.05) is 21.3 Å². The molecule has 5 nitrogen and oxygen atoms in total. The fourth-order valence-corrected chi connectivity index (χ4v) is 3.16. The first-order chi connectivity index (χ1) is 13.0. The van der Waals surface area contributed by atoms with Crippen molar-refractivity contribution in [2.45, 2.75) is 32.7 Å². The Morgan fingerprint density at radius 1 is 0.926 bits per heavy atom. The molecule has 0 aromatic heterocycles. The zero-order valence-electron chi connectivity index (χ0n) is 16.7. The van der Waals surface area contributed by atoms with Crippen LogP contribution in [-0.4, -0.2) is 27.2 Å². The summed E-state index contributed by atoms with van der Waals surface area (Å²) in [5.74, 6) is 1.99. The molecule has 2 rings (SSSR count). The largest absolute Gasteiger partial charge is 0.493 e. The highest BCUT2D eigenvalue weighted by Crippen LogP contribution is 2.40. The topological polar surface area (TPSA) is 56.8 Å². The summed E-state index contributed by atoms with van der Waals surface area (Å²) in [5.41, 5.74) is 1.86. The van der Waals surface area contributed by atoms with Crippen LogP contribution in [0.2, 0.25) is 0 Å². The lowest BCUT2D eigenvalue weighted by Gasteiger charge is -2.22. The molecule has 2 aromatic carbocycles. The molecule has 0 bridgehead atoms. The van der Waals surface area contributed by atoms with Crippen molar-refractivity contribution in [2.24, 2.45) is 5.92 Å². The lowest BCUT2D eigenvalue weighted by molar-refractivity contribution is -0.121. The van der Waals surface area contributed by atoms with Crippen molar-refractivity contribution >= 4 is 5.91 Å². The molecule has 146 valence electrons. The molecule has 0 radical (unpaired) electrons. The van der Waals surface area contributed by atoms with Crippen molar-refractivity contribution in [1.29, 1.82) is 0 Å². The molecule has 1 unspecified atom stereocenters. The van der Waals surface area contributed by atoms with Gasteiger partial charge in [-0.25, -0.2) is 0 Å². The second kappa shape index (κ2) is 9.86. The minimum Gasteiger partial charge on any atom is -0.493 e. The Kier molecular flexibility index (Phi) is 7.53. The molecule has 0 fully saturated rings. The van der Waals surface area contributed by atoms with Crippen molar-refractivity contribution in [3.63, 3.8) is 0 Å². The number of hydrogen-bond donors (Lipinski definition) is 1. The fraction of sp³-hybridized carbons (Fsp3) is 0.409. The summed E-state index contributed by atoms with van der Waals surface area (Å²) >= 11 is 0. The number of benzene rings is 2. The Labute approximate surface area is 161 Å². The molecule has 27 heavy (non-hydrogen) atoms. The number of nitrogens with one attached hydrogen (secondary N) is 1. The Hall–Kier alpha value is -2.69. The van der Waals surface area contributed by atoms with Crippen molar-refractivity contribution in [1.82, 2.24) is 5.32 Å². The van der Waals surface area contributed by atoms with Crippen LogP contribution in [0, 0.1) is 5.92 Å². The van der Waals surface area contributed by atoms with E-state index in [9.17, 15) is 4.79 Å². The molecular formula is C22H29NO4. The van der Waals surface area contributed by atoms with E-state index >= 15 is 0 Å². The standard InChI is InChI=1S/C22H29NO4/c1-15(2)13-18(16-9-7-6-8-10-16)23-20(24)14-17-11-12-19(25-3)22(27-5)21(17)26-4/h6-12,15,18H,13-14H2,1-5H3,(H,23,24). The molecule has 5 heteroatoms. The second-order valence-corrected chi connectivity index (χ2v) is 6.83. The van der Waals surface area contributed by atoms with E-state index < -0.39 is 0 Å². The molecule has 0 heterocycles. The van der Waals surface area contributed by atoms with Gasteiger partial charge in [-0.3, -0.25) is 4.79 Å². The maximum Gasteiger partial charge on any atom is 0.225 e. The van der Waals surface area contributed by atoms with Crippen LogP contribution < -0.4 is 19.5 Å². The number of ether oxygens (including phenoxy) is 3. The molecule has 2 aromatic rings. The van der Waals surface area contributed by atoms with Gasteiger partial charge in [-0.2, -0.15) is 0 Å². The highest BCUT2D eigenvalue weighted by Gasteiger charge is 2.20. The third kappa shape index (κ3) is 5.39. The maximum absolute atomic E-state index is 12.8. The fourth-order valence-electron chi connectivity index (χ4n) is 3.16. The molecule has 0 aliphatic heterocycles. The van der Waals surface area contributed by atoms with Crippen molar-refractivity contribution in [3.05, 3.63) is 53.6 Å². The van der Waals surface area contributed by atoms with Crippen molar-refractivity contribution < 1.29 is 19.0 Å². The monoisotopic (exact) mass is 371 g/mol. The number of rotatable bonds is 9. The third-order valence-corrected chi connectivity index (χ3v) is 4.38. The van der Waals surface area contributed by atoms with Gasteiger partial charge in [-0.05, 0) is 24.0 Å². The SMILES string of the molecule is COc1ccc(CC(=O)NC(CC(C)C)c2ccccc2)c(OC)c1OC. The van der Waals surface area contributed by atoms with Crippen LogP contribution in [0.15, 0.2) is 42.5 Å². The van der Waals surface area contributed by atoms with Gasteiger partial charge in [-0.1, -0.05) is 50.2 Å². The predicted octanol–water partition coefficient (Wildman–Crippen LogP) is 4.16.